The van der Waals surface area contributed by atoms with E-state index in [-0.39, 0.29) is 30.3 Å². The fourth-order valence-electron chi connectivity index (χ4n) is 1.46. The van der Waals surface area contributed by atoms with E-state index in [1.54, 1.807) is 0 Å². The molecule has 1 amide bonds. The standard InChI is InChI=1S/C13H15F2NO3/c1-19-13(18)3-2-6-16-12(17)7-9-4-5-10(14)8-11(9)15/h4-5,8H,2-3,6-7H2,1H3,(H,16,17). The second-order valence-electron chi connectivity index (χ2n) is 3.94. The molecule has 0 atom stereocenters. The van der Waals surface area contributed by atoms with Gasteiger partial charge in [0.25, 0.3) is 0 Å². The van der Waals surface area contributed by atoms with E-state index >= 15 is 0 Å². The Morgan fingerprint density at radius 2 is 2.05 bits per heavy atom. The maximum absolute atomic E-state index is 13.3. The summed E-state index contributed by atoms with van der Waals surface area (Å²) in [4.78, 5) is 22.3. The average Bonchev–Trinajstić information content (AvgIpc) is 2.37. The lowest BCUT2D eigenvalue weighted by atomic mass is 10.1. The number of benzene rings is 1. The second kappa shape index (κ2) is 7.45. The quantitative estimate of drug-likeness (QED) is 0.631. The van der Waals surface area contributed by atoms with E-state index in [0.29, 0.717) is 13.0 Å². The lowest BCUT2D eigenvalue weighted by molar-refractivity contribution is -0.140. The summed E-state index contributed by atoms with van der Waals surface area (Å²) in [5, 5.41) is 2.55. The van der Waals surface area contributed by atoms with Crippen molar-refractivity contribution in [1.82, 2.24) is 5.32 Å². The molecule has 0 fully saturated rings. The predicted octanol–water partition coefficient (Wildman–Crippen LogP) is 1.58. The van der Waals surface area contributed by atoms with Gasteiger partial charge in [0.2, 0.25) is 5.91 Å². The molecule has 0 aromatic heterocycles. The Balaban J connectivity index is 2.33. The zero-order valence-electron chi connectivity index (χ0n) is 10.5. The van der Waals surface area contributed by atoms with Gasteiger partial charge in [0, 0.05) is 19.0 Å². The molecule has 104 valence electrons. The Kier molecular flexibility index (Phi) is 5.92. The highest BCUT2D eigenvalue weighted by Crippen LogP contribution is 2.09. The number of hydrogen-bond acceptors (Lipinski definition) is 3. The maximum atomic E-state index is 13.3. The molecule has 1 aromatic rings. The van der Waals surface area contributed by atoms with Crippen LogP contribution in [-0.4, -0.2) is 25.5 Å². The van der Waals surface area contributed by atoms with Crippen molar-refractivity contribution >= 4 is 11.9 Å². The van der Waals surface area contributed by atoms with Crippen molar-refractivity contribution in [2.75, 3.05) is 13.7 Å². The number of hydrogen-bond donors (Lipinski definition) is 1. The van der Waals surface area contributed by atoms with Gasteiger partial charge in [-0.15, -0.1) is 0 Å². The molecule has 1 N–H and O–H groups in total. The van der Waals surface area contributed by atoms with Crippen LogP contribution in [0.4, 0.5) is 8.78 Å². The van der Waals surface area contributed by atoms with Crippen LogP contribution in [0, 0.1) is 11.6 Å². The van der Waals surface area contributed by atoms with E-state index < -0.39 is 11.6 Å². The van der Waals surface area contributed by atoms with Gasteiger partial charge in [0.1, 0.15) is 11.6 Å². The van der Waals surface area contributed by atoms with Crippen LogP contribution in [0.1, 0.15) is 18.4 Å². The van der Waals surface area contributed by atoms with Crippen molar-refractivity contribution in [1.29, 1.82) is 0 Å². The van der Waals surface area contributed by atoms with Gasteiger partial charge in [-0.1, -0.05) is 6.07 Å². The first-order valence-electron chi connectivity index (χ1n) is 5.80. The lowest BCUT2D eigenvalue weighted by Crippen LogP contribution is -2.26. The molecule has 0 spiro atoms. The summed E-state index contributed by atoms with van der Waals surface area (Å²) in [6, 6.07) is 3.07. The van der Waals surface area contributed by atoms with Crippen LogP contribution in [0.15, 0.2) is 18.2 Å². The third-order valence-corrected chi connectivity index (χ3v) is 2.47. The Morgan fingerprint density at radius 1 is 1.32 bits per heavy atom. The normalized spacial score (nSPS) is 10.1. The number of amides is 1. The monoisotopic (exact) mass is 271 g/mol. The van der Waals surface area contributed by atoms with Crippen LogP contribution in [-0.2, 0) is 20.7 Å². The average molecular weight is 271 g/mol. The molecule has 0 saturated heterocycles. The molecule has 1 rings (SSSR count). The van der Waals surface area contributed by atoms with Gasteiger partial charge in [-0.2, -0.15) is 0 Å². The number of esters is 1. The van der Waals surface area contributed by atoms with Gasteiger partial charge >= 0.3 is 5.97 Å². The molecule has 0 aliphatic carbocycles. The first kappa shape index (κ1) is 15.1. The number of ether oxygens (including phenoxy) is 1. The van der Waals surface area contributed by atoms with Crippen LogP contribution >= 0.6 is 0 Å². The number of methoxy groups -OCH3 is 1. The molecule has 0 unspecified atom stereocenters. The molecular formula is C13H15F2NO3. The van der Waals surface area contributed by atoms with Gasteiger partial charge in [0.05, 0.1) is 13.5 Å². The lowest BCUT2D eigenvalue weighted by Gasteiger charge is -2.05. The molecule has 6 heteroatoms. The van der Waals surface area contributed by atoms with Crippen molar-refractivity contribution in [2.45, 2.75) is 19.3 Å². The summed E-state index contributed by atoms with van der Waals surface area (Å²) in [7, 11) is 1.29. The van der Waals surface area contributed by atoms with E-state index in [1.165, 1.54) is 13.2 Å². The van der Waals surface area contributed by atoms with Crippen molar-refractivity contribution in [2.24, 2.45) is 0 Å². The molecule has 1 aromatic carbocycles. The molecule has 0 radical (unpaired) electrons. The highest BCUT2D eigenvalue weighted by atomic mass is 19.1. The minimum Gasteiger partial charge on any atom is -0.469 e. The minimum absolute atomic E-state index is 0.131. The Labute approximate surface area is 109 Å². The van der Waals surface area contributed by atoms with E-state index in [9.17, 15) is 18.4 Å². The smallest absolute Gasteiger partial charge is 0.305 e. The highest BCUT2D eigenvalue weighted by Gasteiger charge is 2.09. The topological polar surface area (TPSA) is 55.4 Å². The fraction of sp³-hybridized carbons (Fsp3) is 0.385. The van der Waals surface area contributed by atoms with Crippen LogP contribution in [0.2, 0.25) is 0 Å². The van der Waals surface area contributed by atoms with Crippen LogP contribution in [0.25, 0.3) is 0 Å². The SMILES string of the molecule is COC(=O)CCCNC(=O)Cc1ccc(F)cc1F. The van der Waals surface area contributed by atoms with Gasteiger partial charge in [-0.25, -0.2) is 8.78 Å². The molecule has 0 aliphatic rings. The summed E-state index contributed by atoms with van der Waals surface area (Å²) in [6.07, 6.45) is 0.496. The minimum atomic E-state index is -0.746. The molecule has 0 heterocycles. The van der Waals surface area contributed by atoms with Crippen LogP contribution < -0.4 is 5.32 Å². The Morgan fingerprint density at radius 3 is 2.68 bits per heavy atom. The van der Waals surface area contributed by atoms with E-state index in [1.807, 2.05) is 0 Å². The van der Waals surface area contributed by atoms with E-state index in [4.69, 9.17) is 0 Å². The largest absolute Gasteiger partial charge is 0.469 e. The zero-order valence-corrected chi connectivity index (χ0v) is 10.5. The number of halogens is 2. The first-order valence-corrected chi connectivity index (χ1v) is 5.80. The summed E-state index contributed by atoms with van der Waals surface area (Å²) in [5.41, 5.74) is 0.131. The molecule has 0 bridgehead atoms. The van der Waals surface area contributed by atoms with Crippen molar-refractivity contribution in [3.05, 3.63) is 35.4 Å². The van der Waals surface area contributed by atoms with Crippen molar-refractivity contribution < 1.29 is 23.1 Å². The van der Waals surface area contributed by atoms with Crippen LogP contribution in [0.3, 0.4) is 0 Å². The van der Waals surface area contributed by atoms with Gasteiger partial charge in [-0.05, 0) is 18.1 Å². The summed E-state index contributed by atoms with van der Waals surface area (Å²) in [6.45, 7) is 0.302. The molecule has 0 aliphatic heterocycles. The van der Waals surface area contributed by atoms with Gasteiger partial charge < -0.3 is 10.1 Å². The Hall–Kier alpha value is -1.98. The highest BCUT2D eigenvalue weighted by molar-refractivity contribution is 5.78. The number of rotatable bonds is 6. The summed E-state index contributed by atoms with van der Waals surface area (Å²) >= 11 is 0. The number of carbonyl (C=O) groups excluding carboxylic acids is 2. The van der Waals surface area contributed by atoms with Gasteiger partial charge in [0.15, 0.2) is 0 Å². The van der Waals surface area contributed by atoms with Crippen molar-refractivity contribution in [3.8, 4) is 0 Å². The molecule has 4 nitrogen and oxygen atoms in total. The third kappa shape index (κ3) is 5.46. The summed E-state index contributed by atoms with van der Waals surface area (Å²) in [5.74, 6) is -2.15. The third-order valence-electron chi connectivity index (χ3n) is 2.47. The first-order chi connectivity index (χ1) is 9.02. The maximum Gasteiger partial charge on any atom is 0.305 e. The molecule has 19 heavy (non-hydrogen) atoms. The zero-order chi connectivity index (χ0) is 14.3. The predicted molar refractivity (Wildman–Crippen MR) is 64.3 cm³/mol. The van der Waals surface area contributed by atoms with Crippen LogP contribution in [0.5, 0.6) is 0 Å². The Bertz CT molecular complexity index is 463. The molecular weight excluding hydrogens is 256 g/mol. The number of carbonyl (C=O) groups is 2. The van der Waals surface area contributed by atoms with Gasteiger partial charge in [-0.3, -0.25) is 9.59 Å². The van der Waals surface area contributed by atoms with E-state index in [0.717, 1.165) is 12.1 Å². The molecule has 0 saturated carbocycles. The fourth-order valence-corrected chi connectivity index (χ4v) is 1.46. The van der Waals surface area contributed by atoms with E-state index in [2.05, 4.69) is 10.1 Å². The second-order valence-corrected chi connectivity index (χ2v) is 3.94. The summed E-state index contributed by atoms with van der Waals surface area (Å²) < 4.78 is 30.4. The number of nitrogens with one attached hydrogen (secondary N) is 1. The van der Waals surface area contributed by atoms with Crippen molar-refractivity contribution in [3.63, 3.8) is 0 Å².